The predicted octanol–water partition coefficient (Wildman–Crippen LogP) is 2.03. The summed E-state index contributed by atoms with van der Waals surface area (Å²) in [5.41, 5.74) is -1.84. The van der Waals surface area contributed by atoms with E-state index in [1.54, 1.807) is 26.2 Å². The molecule has 1 aliphatic heterocycles. The lowest BCUT2D eigenvalue weighted by Gasteiger charge is -2.35. The van der Waals surface area contributed by atoms with Gasteiger partial charge in [-0.15, -0.1) is 11.8 Å². The third-order valence-corrected chi connectivity index (χ3v) is 4.33. The molecule has 2 unspecified atom stereocenters. The fraction of sp³-hybridized carbons (Fsp3) is 0.615. The van der Waals surface area contributed by atoms with Crippen LogP contribution in [0.15, 0.2) is 11.6 Å². The highest BCUT2D eigenvalue weighted by molar-refractivity contribution is 8.03. The first kappa shape index (κ1) is 17.4. The van der Waals surface area contributed by atoms with Gasteiger partial charge in [0, 0.05) is 6.20 Å². The predicted molar refractivity (Wildman–Crippen MR) is 76.4 cm³/mol. The van der Waals surface area contributed by atoms with Crippen molar-refractivity contribution < 1.29 is 29.0 Å². The molecule has 7 nitrogen and oxygen atoms in total. The minimum atomic E-state index is -1.84. The number of nitrogens with zero attached hydrogens (tertiary/aromatic N) is 1. The Hall–Kier alpha value is -1.70. The number of ether oxygens (including phenoxy) is 2. The number of thioether (sulfide) groups is 1. The molecule has 2 atom stereocenters. The van der Waals surface area contributed by atoms with Crippen molar-refractivity contribution in [2.75, 3.05) is 13.2 Å². The maximum absolute atomic E-state index is 12.2. The molecular weight excluding hydrogens is 298 g/mol. The number of hydrogen-bond acceptors (Lipinski definition) is 6. The Labute approximate surface area is 127 Å². The van der Waals surface area contributed by atoms with Crippen molar-refractivity contribution in [3.63, 3.8) is 0 Å². The summed E-state index contributed by atoms with van der Waals surface area (Å²) in [7, 11) is 0. The van der Waals surface area contributed by atoms with Crippen LogP contribution in [0, 0.1) is 5.41 Å². The molecule has 1 heterocycles. The number of rotatable bonds is 6. The number of carboxylic acids is 1. The van der Waals surface area contributed by atoms with Gasteiger partial charge in [-0.3, -0.25) is 14.5 Å². The number of carboxylic acid groups (broad SMARTS) is 1. The lowest BCUT2D eigenvalue weighted by molar-refractivity contribution is -0.170. The van der Waals surface area contributed by atoms with Crippen LogP contribution in [-0.4, -0.2) is 46.6 Å². The van der Waals surface area contributed by atoms with Gasteiger partial charge in [0.1, 0.15) is 5.37 Å². The second-order valence-corrected chi connectivity index (χ2v) is 5.22. The Kier molecular flexibility index (Phi) is 6.07. The van der Waals surface area contributed by atoms with Gasteiger partial charge in [-0.2, -0.15) is 0 Å². The molecule has 8 heteroatoms. The largest absolute Gasteiger partial charge is 0.480 e. The Morgan fingerprint density at radius 3 is 2.33 bits per heavy atom. The third kappa shape index (κ3) is 3.15. The molecule has 1 rings (SSSR count). The molecule has 0 saturated heterocycles. The van der Waals surface area contributed by atoms with Crippen LogP contribution in [0.2, 0.25) is 0 Å². The minimum Gasteiger partial charge on any atom is -0.480 e. The van der Waals surface area contributed by atoms with E-state index in [0.717, 1.165) is 16.7 Å². The van der Waals surface area contributed by atoms with E-state index in [-0.39, 0.29) is 19.6 Å². The van der Waals surface area contributed by atoms with E-state index in [9.17, 15) is 19.5 Å². The van der Waals surface area contributed by atoms with Gasteiger partial charge in [0.25, 0.3) is 0 Å². The Balaban J connectivity index is 3.17. The van der Waals surface area contributed by atoms with Gasteiger partial charge < -0.3 is 14.6 Å². The molecule has 0 radical (unpaired) electrons. The van der Waals surface area contributed by atoms with Gasteiger partial charge in [0.05, 0.1) is 13.2 Å². The normalized spacial score (nSPS) is 20.0. The summed E-state index contributed by atoms with van der Waals surface area (Å²) < 4.78 is 9.81. The molecule has 1 aliphatic rings. The minimum absolute atomic E-state index is 0.00355. The van der Waals surface area contributed by atoms with E-state index < -0.39 is 28.8 Å². The zero-order valence-electron chi connectivity index (χ0n) is 12.2. The molecule has 0 aromatic rings. The van der Waals surface area contributed by atoms with Gasteiger partial charge in [-0.25, -0.2) is 4.79 Å². The first-order valence-electron chi connectivity index (χ1n) is 6.63. The summed E-state index contributed by atoms with van der Waals surface area (Å²) in [6.07, 6.45) is 0.725. The molecule has 0 bridgehead atoms. The summed E-state index contributed by atoms with van der Waals surface area (Å²) in [4.78, 5) is 37.0. The standard InChI is InChI=1S/C13H19NO6S/c1-4-13(10(15)16,11(17)19-5-2)9-14(7-8-21-9)12(18)20-6-3/h7-9H,4-6H2,1-3H3,(H,15,16). The Bertz CT molecular complexity index is 452. The number of carbonyl (C=O) groups excluding carboxylic acids is 2. The van der Waals surface area contributed by atoms with Crippen molar-refractivity contribution in [1.82, 2.24) is 4.90 Å². The third-order valence-electron chi connectivity index (χ3n) is 3.16. The fourth-order valence-corrected chi connectivity index (χ4v) is 3.28. The first-order chi connectivity index (χ1) is 9.95. The molecule has 0 aromatic carbocycles. The average molecular weight is 317 g/mol. The number of aliphatic carboxylic acids is 1. The monoisotopic (exact) mass is 317 g/mol. The molecule has 0 aromatic heterocycles. The van der Waals surface area contributed by atoms with Crippen molar-refractivity contribution >= 4 is 29.8 Å². The molecule has 0 spiro atoms. The number of esters is 1. The zero-order valence-corrected chi connectivity index (χ0v) is 13.0. The van der Waals surface area contributed by atoms with Gasteiger partial charge in [-0.05, 0) is 25.7 Å². The summed E-state index contributed by atoms with van der Waals surface area (Å²) in [5.74, 6) is -2.17. The molecular formula is C13H19NO6S. The maximum atomic E-state index is 12.2. The van der Waals surface area contributed by atoms with Crippen molar-refractivity contribution in [2.24, 2.45) is 5.41 Å². The summed E-state index contributed by atoms with van der Waals surface area (Å²) in [5, 5.41) is 10.2. The molecule has 118 valence electrons. The van der Waals surface area contributed by atoms with Gasteiger partial charge in [0.15, 0.2) is 5.41 Å². The molecule has 0 aliphatic carbocycles. The zero-order chi connectivity index (χ0) is 16.0. The Morgan fingerprint density at radius 2 is 1.86 bits per heavy atom. The van der Waals surface area contributed by atoms with E-state index in [4.69, 9.17) is 9.47 Å². The van der Waals surface area contributed by atoms with Crippen LogP contribution >= 0.6 is 11.8 Å². The number of amides is 1. The van der Waals surface area contributed by atoms with Gasteiger partial charge in [-0.1, -0.05) is 6.92 Å². The van der Waals surface area contributed by atoms with Crippen molar-refractivity contribution in [2.45, 2.75) is 32.6 Å². The molecule has 21 heavy (non-hydrogen) atoms. The number of carbonyl (C=O) groups is 3. The quantitative estimate of drug-likeness (QED) is 0.592. The van der Waals surface area contributed by atoms with E-state index in [1.165, 1.54) is 6.20 Å². The van der Waals surface area contributed by atoms with E-state index >= 15 is 0 Å². The smallest absolute Gasteiger partial charge is 0.414 e. The highest BCUT2D eigenvalue weighted by Gasteiger charge is 2.57. The van der Waals surface area contributed by atoms with Crippen LogP contribution in [0.3, 0.4) is 0 Å². The molecule has 0 saturated carbocycles. The molecule has 0 fully saturated rings. The van der Waals surface area contributed by atoms with Crippen LogP contribution in [0.1, 0.15) is 27.2 Å². The lowest BCUT2D eigenvalue weighted by atomic mass is 9.84. The van der Waals surface area contributed by atoms with Gasteiger partial charge >= 0.3 is 18.0 Å². The van der Waals surface area contributed by atoms with Crippen LogP contribution in [0.5, 0.6) is 0 Å². The van der Waals surface area contributed by atoms with Gasteiger partial charge in [0.2, 0.25) is 0 Å². The van der Waals surface area contributed by atoms with E-state index in [1.807, 2.05) is 0 Å². The summed E-state index contributed by atoms with van der Waals surface area (Å²) in [6.45, 7) is 5.05. The second-order valence-electron chi connectivity index (χ2n) is 4.23. The van der Waals surface area contributed by atoms with Crippen molar-refractivity contribution in [1.29, 1.82) is 0 Å². The second kappa shape index (κ2) is 7.35. The van der Waals surface area contributed by atoms with Crippen LogP contribution in [-0.2, 0) is 19.1 Å². The van der Waals surface area contributed by atoms with Crippen LogP contribution < -0.4 is 0 Å². The Morgan fingerprint density at radius 1 is 1.24 bits per heavy atom. The van der Waals surface area contributed by atoms with E-state index in [0.29, 0.717) is 0 Å². The van der Waals surface area contributed by atoms with E-state index in [2.05, 4.69) is 0 Å². The van der Waals surface area contributed by atoms with Crippen LogP contribution in [0.4, 0.5) is 4.79 Å². The SMILES string of the molecule is CCOC(=O)N1C=CSC1C(CC)(C(=O)O)C(=O)OCC. The molecule has 1 amide bonds. The summed E-state index contributed by atoms with van der Waals surface area (Å²) >= 11 is 1.08. The fourth-order valence-electron chi connectivity index (χ4n) is 2.05. The highest BCUT2D eigenvalue weighted by Crippen LogP contribution is 2.43. The van der Waals surface area contributed by atoms with Crippen LogP contribution in [0.25, 0.3) is 0 Å². The summed E-state index contributed by atoms with van der Waals surface area (Å²) in [6, 6.07) is 0. The maximum Gasteiger partial charge on any atom is 0.414 e. The van der Waals surface area contributed by atoms with Crippen molar-refractivity contribution in [3.05, 3.63) is 11.6 Å². The topological polar surface area (TPSA) is 93.1 Å². The first-order valence-corrected chi connectivity index (χ1v) is 7.57. The average Bonchev–Trinajstić information content (AvgIpc) is 2.90. The lowest BCUT2D eigenvalue weighted by Crippen LogP contribution is -2.54. The number of hydrogen-bond donors (Lipinski definition) is 1. The van der Waals surface area contributed by atoms with Crippen molar-refractivity contribution in [3.8, 4) is 0 Å². The molecule has 1 N–H and O–H groups in total. The highest BCUT2D eigenvalue weighted by atomic mass is 32.2.